The van der Waals surface area contributed by atoms with E-state index in [2.05, 4.69) is 10.3 Å². The molecule has 0 bridgehead atoms. The lowest BCUT2D eigenvalue weighted by atomic mass is 10.2. The van der Waals surface area contributed by atoms with Gasteiger partial charge in [0.25, 0.3) is 0 Å². The average Bonchev–Trinajstić information content (AvgIpc) is 2.60. The van der Waals surface area contributed by atoms with E-state index < -0.39 is 5.91 Å². The van der Waals surface area contributed by atoms with E-state index >= 15 is 0 Å². The van der Waals surface area contributed by atoms with Crippen molar-refractivity contribution in [2.45, 2.75) is 0 Å². The van der Waals surface area contributed by atoms with Crippen LogP contribution in [0.25, 0.3) is 11.0 Å². The Bertz CT molecular complexity index is 564. The van der Waals surface area contributed by atoms with Crippen LogP contribution in [-0.2, 0) is 11.8 Å². The number of aromatic nitrogens is 2. The van der Waals surface area contributed by atoms with Gasteiger partial charge in [-0.05, 0) is 18.2 Å². The fourth-order valence-electron chi connectivity index (χ4n) is 1.37. The van der Waals surface area contributed by atoms with Crippen molar-refractivity contribution in [3.8, 4) is 6.07 Å². The molecule has 1 amide bonds. The average molecular weight is 200 g/mol. The maximum absolute atomic E-state index is 10.8. The molecule has 1 aromatic carbocycles. The predicted molar refractivity (Wildman–Crippen MR) is 55.0 cm³/mol. The van der Waals surface area contributed by atoms with Crippen molar-refractivity contribution in [3.05, 3.63) is 24.5 Å². The molecule has 1 heterocycles. The number of carbonyl (C=O) groups excluding carboxylic acids is 1. The van der Waals surface area contributed by atoms with Gasteiger partial charge < -0.3 is 9.88 Å². The largest absolute Gasteiger partial charge is 0.334 e. The normalized spacial score (nSPS) is 9.87. The molecule has 74 valence electrons. The molecule has 0 atom stereocenters. The number of imidazole rings is 1. The number of nitrogens with zero attached hydrogens (tertiary/aromatic N) is 3. The Balaban J connectivity index is 2.40. The number of benzene rings is 1. The van der Waals surface area contributed by atoms with Gasteiger partial charge in [-0.15, -0.1) is 0 Å². The van der Waals surface area contributed by atoms with Crippen LogP contribution >= 0.6 is 0 Å². The van der Waals surface area contributed by atoms with Gasteiger partial charge in [0.05, 0.1) is 17.4 Å². The van der Waals surface area contributed by atoms with E-state index in [0.717, 1.165) is 11.0 Å². The number of aryl methyl sites for hydroxylation is 1. The van der Waals surface area contributed by atoms with Gasteiger partial charge in [0.1, 0.15) is 0 Å². The number of carbonyl (C=O) groups is 1. The first-order chi connectivity index (χ1) is 7.20. The zero-order chi connectivity index (χ0) is 10.8. The molecule has 0 aliphatic rings. The second-order valence-electron chi connectivity index (χ2n) is 3.12. The van der Waals surface area contributed by atoms with Gasteiger partial charge >= 0.3 is 5.91 Å². The third kappa shape index (κ3) is 1.65. The van der Waals surface area contributed by atoms with Gasteiger partial charge in [0, 0.05) is 12.7 Å². The van der Waals surface area contributed by atoms with E-state index in [9.17, 15) is 4.79 Å². The predicted octanol–water partition coefficient (Wildman–Crippen LogP) is 1.04. The molecule has 2 rings (SSSR count). The van der Waals surface area contributed by atoms with E-state index in [1.54, 1.807) is 18.5 Å². The standard InChI is InChI=1S/C10H8N4O/c1-14-6-12-8-4-7(2-3-9(8)14)13-10(15)5-11/h2-4,6H,1H3,(H,13,15). The Hall–Kier alpha value is -2.35. The van der Waals surface area contributed by atoms with Crippen molar-refractivity contribution < 1.29 is 4.79 Å². The zero-order valence-corrected chi connectivity index (χ0v) is 8.06. The third-order valence-electron chi connectivity index (χ3n) is 2.08. The quantitative estimate of drug-likeness (QED) is 0.699. The Morgan fingerprint density at radius 2 is 2.40 bits per heavy atom. The number of amides is 1. The molecule has 2 aromatic rings. The molecule has 0 aliphatic heterocycles. The highest BCUT2D eigenvalue weighted by Gasteiger charge is 2.03. The molecule has 5 nitrogen and oxygen atoms in total. The number of hydrogen-bond acceptors (Lipinski definition) is 3. The summed E-state index contributed by atoms with van der Waals surface area (Å²) in [6, 6.07) is 6.80. The summed E-state index contributed by atoms with van der Waals surface area (Å²) in [5.41, 5.74) is 2.34. The monoisotopic (exact) mass is 200 g/mol. The zero-order valence-electron chi connectivity index (χ0n) is 8.06. The van der Waals surface area contributed by atoms with Crippen molar-refractivity contribution in [2.24, 2.45) is 7.05 Å². The van der Waals surface area contributed by atoms with Crippen LogP contribution in [0.1, 0.15) is 0 Å². The van der Waals surface area contributed by atoms with Gasteiger partial charge in [-0.3, -0.25) is 4.79 Å². The molecule has 0 saturated heterocycles. The van der Waals surface area contributed by atoms with E-state index in [1.807, 2.05) is 17.7 Å². The van der Waals surface area contributed by atoms with E-state index in [4.69, 9.17) is 5.26 Å². The molecule has 15 heavy (non-hydrogen) atoms. The van der Waals surface area contributed by atoms with Gasteiger partial charge in [-0.2, -0.15) is 5.26 Å². The Morgan fingerprint density at radius 1 is 1.60 bits per heavy atom. The molecule has 0 fully saturated rings. The lowest BCUT2D eigenvalue weighted by Gasteiger charge is -2.00. The molecule has 0 aliphatic carbocycles. The third-order valence-corrected chi connectivity index (χ3v) is 2.08. The molecular weight excluding hydrogens is 192 g/mol. The Labute approximate surface area is 86.0 Å². The molecule has 0 unspecified atom stereocenters. The van der Waals surface area contributed by atoms with Crippen LogP contribution in [0.4, 0.5) is 5.69 Å². The van der Waals surface area contributed by atoms with Crippen LogP contribution in [0.5, 0.6) is 0 Å². The highest BCUT2D eigenvalue weighted by molar-refractivity contribution is 6.03. The summed E-state index contributed by atoms with van der Waals surface area (Å²) < 4.78 is 1.88. The van der Waals surface area contributed by atoms with Gasteiger partial charge in [0.2, 0.25) is 0 Å². The number of anilines is 1. The van der Waals surface area contributed by atoms with E-state index in [0.29, 0.717) is 5.69 Å². The lowest BCUT2D eigenvalue weighted by Crippen LogP contribution is -2.07. The lowest BCUT2D eigenvalue weighted by molar-refractivity contribution is -0.111. The molecular formula is C10H8N4O. The van der Waals surface area contributed by atoms with E-state index in [1.165, 1.54) is 6.07 Å². The smallest absolute Gasteiger partial charge is 0.326 e. The van der Waals surface area contributed by atoms with Crippen LogP contribution in [0.3, 0.4) is 0 Å². The van der Waals surface area contributed by atoms with Crippen LogP contribution in [-0.4, -0.2) is 15.5 Å². The van der Waals surface area contributed by atoms with Crippen molar-refractivity contribution in [2.75, 3.05) is 5.32 Å². The van der Waals surface area contributed by atoms with E-state index in [-0.39, 0.29) is 0 Å². The number of rotatable bonds is 1. The summed E-state index contributed by atoms with van der Waals surface area (Å²) in [7, 11) is 1.89. The van der Waals surface area contributed by atoms with Crippen LogP contribution < -0.4 is 5.32 Å². The SMILES string of the molecule is Cn1cnc2cc(NC(=O)C#N)ccc21. The maximum atomic E-state index is 10.8. The summed E-state index contributed by atoms with van der Waals surface area (Å²) in [5.74, 6) is -0.676. The number of fused-ring (bicyclic) bond motifs is 1. The fourth-order valence-corrected chi connectivity index (χ4v) is 1.37. The Kier molecular flexibility index (Phi) is 2.10. The molecule has 5 heteroatoms. The van der Waals surface area contributed by atoms with Crippen molar-refractivity contribution in [3.63, 3.8) is 0 Å². The second kappa shape index (κ2) is 3.42. The maximum Gasteiger partial charge on any atom is 0.326 e. The first kappa shape index (κ1) is 9.21. The summed E-state index contributed by atoms with van der Waals surface area (Å²) in [6.45, 7) is 0. The molecule has 1 aromatic heterocycles. The minimum absolute atomic E-state index is 0.577. The Morgan fingerprint density at radius 3 is 3.13 bits per heavy atom. The summed E-state index contributed by atoms with van der Waals surface area (Å²) in [6.07, 6.45) is 1.70. The topological polar surface area (TPSA) is 70.7 Å². The number of nitrogens with one attached hydrogen (secondary N) is 1. The first-order valence-electron chi connectivity index (χ1n) is 4.33. The molecule has 0 saturated carbocycles. The van der Waals surface area contributed by atoms with Gasteiger partial charge in [-0.1, -0.05) is 0 Å². The van der Waals surface area contributed by atoms with Crippen molar-refractivity contribution in [1.82, 2.24) is 9.55 Å². The highest BCUT2D eigenvalue weighted by Crippen LogP contribution is 2.16. The van der Waals surface area contributed by atoms with Gasteiger partial charge in [0.15, 0.2) is 6.07 Å². The minimum Gasteiger partial charge on any atom is -0.334 e. The first-order valence-corrected chi connectivity index (χ1v) is 4.33. The van der Waals surface area contributed by atoms with Crippen LogP contribution in [0.2, 0.25) is 0 Å². The van der Waals surface area contributed by atoms with Crippen LogP contribution in [0, 0.1) is 11.3 Å². The van der Waals surface area contributed by atoms with Gasteiger partial charge in [-0.25, -0.2) is 4.98 Å². The van der Waals surface area contributed by atoms with Crippen LogP contribution in [0.15, 0.2) is 24.5 Å². The number of hydrogen-bond donors (Lipinski definition) is 1. The second-order valence-corrected chi connectivity index (χ2v) is 3.12. The molecule has 0 spiro atoms. The molecule has 0 radical (unpaired) electrons. The highest BCUT2D eigenvalue weighted by atomic mass is 16.1. The summed E-state index contributed by atoms with van der Waals surface area (Å²) in [5, 5.41) is 10.8. The number of nitriles is 1. The minimum atomic E-state index is -0.676. The fraction of sp³-hybridized carbons (Fsp3) is 0.100. The van der Waals surface area contributed by atoms with Crippen molar-refractivity contribution >= 4 is 22.6 Å². The summed E-state index contributed by atoms with van der Waals surface area (Å²) >= 11 is 0. The molecule has 1 N–H and O–H groups in total. The summed E-state index contributed by atoms with van der Waals surface area (Å²) in [4.78, 5) is 15.0. The van der Waals surface area contributed by atoms with Crippen molar-refractivity contribution in [1.29, 1.82) is 5.26 Å².